The highest BCUT2D eigenvalue weighted by atomic mass is 79.9. The van der Waals surface area contributed by atoms with E-state index in [1.54, 1.807) is 7.11 Å². The van der Waals surface area contributed by atoms with Crippen LogP contribution in [0, 0.1) is 0 Å². The van der Waals surface area contributed by atoms with Gasteiger partial charge in [0.25, 0.3) is 0 Å². The summed E-state index contributed by atoms with van der Waals surface area (Å²) in [4.78, 5) is 2.53. The molecular formula is C16H25BrN2O. The Morgan fingerprint density at radius 3 is 2.85 bits per heavy atom. The Morgan fingerprint density at radius 1 is 1.40 bits per heavy atom. The number of anilines is 1. The average molecular weight is 341 g/mol. The van der Waals surface area contributed by atoms with Crippen LogP contribution in [0.5, 0.6) is 5.75 Å². The number of hydrogen-bond acceptors (Lipinski definition) is 3. The minimum Gasteiger partial charge on any atom is -0.495 e. The highest BCUT2D eigenvalue weighted by molar-refractivity contribution is 9.10. The predicted octanol–water partition coefficient (Wildman–Crippen LogP) is 3.81. The summed E-state index contributed by atoms with van der Waals surface area (Å²) in [5.41, 5.74) is 1.26. The maximum atomic E-state index is 5.43. The van der Waals surface area contributed by atoms with E-state index in [-0.39, 0.29) is 0 Å². The molecule has 3 nitrogen and oxygen atoms in total. The smallest absolute Gasteiger partial charge is 0.135 e. The van der Waals surface area contributed by atoms with Crippen LogP contribution in [-0.4, -0.2) is 32.3 Å². The maximum Gasteiger partial charge on any atom is 0.135 e. The van der Waals surface area contributed by atoms with E-state index in [0.29, 0.717) is 12.1 Å². The van der Waals surface area contributed by atoms with E-state index in [2.05, 4.69) is 58.2 Å². The quantitative estimate of drug-likeness (QED) is 0.881. The van der Waals surface area contributed by atoms with Gasteiger partial charge in [0, 0.05) is 36.9 Å². The van der Waals surface area contributed by atoms with Crippen LogP contribution in [0.25, 0.3) is 0 Å². The molecule has 4 heteroatoms. The minimum atomic E-state index is 0.564. The highest BCUT2D eigenvalue weighted by Gasteiger charge is 2.26. The van der Waals surface area contributed by atoms with Gasteiger partial charge in [0.15, 0.2) is 0 Å². The van der Waals surface area contributed by atoms with Gasteiger partial charge >= 0.3 is 0 Å². The first-order valence-corrected chi connectivity index (χ1v) is 8.32. The van der Waals surface area contributed by atoms with Crippen molar-refractivity contribution < 1.29 is 4.74 Å². The molecule has 1 saturated heterocycles. The molecule has 2 unspecified atom stereocenters. The van der Waals surface area contributed by atoms with Crippen molar-refractivity contribution in [3.8, 4) is 5.75 Å². The van der Waals surface area contributed by atoms with Crippen molar-refractivity contribution in [3.05, 3.63) is 22.7 Å². The van der Waals surface area contributed by atoms with Crippen molar-refractivity contribution >= 4 is 21.6 Å². The van der Waals surface area contributed by atoms with Gasteiger partial charge in [0.05, 0.1) is 11.6 Å². The van der Waals surface area contributed by atoms with Crippen molar-refractivity contribution in [2.45, 2.75) is 45.2 Å². The first kappa shape index (κ1) is 15.6. The van der Waals surface area contributed by atoms with Crippen molar-refractivity contribution in [2.24, 2.45) is 0 Å². The van der Waals surface area contributed by atoms with Crippen molar-refractivity contribution in [1.82, 2.24) is 5.32 Å². The number of benzene rings is 1. The number of nitrogens with zero attached hydrogens (tertiary/aromatic N) is 1. The molecule has 112 valence electrons. The van der Waals surface area contributed by atoms with Crippen LogP contribution in [0.15, 0.2) is 22.7 Å². The summed E-state index contributed by atoms with van der Waals surface area (Å²) in [6.07, 6.45) is 3.62. The average Bonchev–Trinajstić information content (AvgIpc) is 2.48. The summed E-state index contributed by atoms with van der Waals surface area (Å²) in [7, 11) is 1.72. The van der Waals surface area contributed by atoms with Gasteiger partial charge in [0.2, 0.25) is 0 Å². The molecule has 2 atom stereocenters. The molecule has 0 saturated carbocycles. The molecule has 1 aromatic carbocycles. The molecule has 0 amide bonds. The first-order valence-electron chi connectivity index (χ1n) is 7.53. The molecule has 2 rings (SSSR count). The van der Waals surface area contributed by atoms with E-state index >= 15 is 0 Å². The molecule has 0 radical (unpaired) electrons. The van der Waals surface area contributed by atoms with Gasteiger partial charge in [-0.3, -0.25) is 0 Å². The van der Waals surface area contributed by atoms with Crippen LogP contribution in [0.4, 0.5) is 5.69 Å². The van der Waals surface area contributed by atoms with Crippen molar-refractivity contribution in [3.63, 3.8) is 0 Å². The Hall–Kier alpha value is -0.740. The lowest BCUT2D eigenvalue weighted by atomic mass is 10.0. The molecule has 1 heterocycles. The second kappa shape index (κ2) is 7.32. The first-order chi connectivity index (χ1) is 9.69. The molecule has 0 aliphatic carbocycles. The Morgan fingerprint density at radius 2 is 2.20 bits per heavy atom. The number of ether oxygens (including phenoxy) is 1. The standard InChI is InChI=1S/C16H25BrN2O/c1-4-6-12-11-19(13(5-2)10-18-12)14-7-8-15(17)16(9-14)20-3/h7-9,12-13,18H,4-6,10-11H2,1-3H3. The van der Waals surface area contributed by atoms with Crippen LogP contribution < -0.4 is 15.0 Å². The maximum absolute atomic E-state index is 5.43. The summed E-state index contributed by atoms with van der Waals surface area (Å²) in [6, 6.07) is 7.56. The van der Waals surface area contributed by atoms with E-state index in [1.165, 1.54) is 18.5 Å². The van der Waals surface area contributed by atoms with E-state index in [9.17, 15) is 0 Å². The number of hydrogen-bond donors (Lipinski definition) is 1. The fourth-order valence-electron chi connectivity index (χ4n) is 2.91. The minimum absolute atomic E-state index is 0.564. The highest BCUT2D eigenvalue weighted by Crippen LogP contribution is 2.31. The van der Waals surface area contributed by atoms with Crippen LogP contribution >= 0.6 is 15.9 Å². The molecule has 1 aliphatic heterocycles. The molecule has 1 aromatic rings. The van der Waals surface area contributed by atoms with Gasteiger partial charge in [-0.2, -0.15) is 0 Å². The summed E-state index contributed by atoms with van der Waals surface area (Å²) in [6.45, 7) is 6.66. The molecule has 20 heavy (non-hydrogen) atoms. The molecule has 1 aliphatic rings. The second-order valence-electron chi connectivity index (χ2n) is 5.43. The Kier molecular flexibility index (Phi) is 5.73. The SMILES string of the molecule is CCCC1CN(c2ccc(Br)c(OC)c2)C(CC)CN1. The third kappa shape index (κ3) is 3.47. The van der Waals surface area contributed by atoms with Crippen molar-refractivity contribution in [1.29, 1.82) is 0 Å². The largest absolute Gasteiger partial charge is 0.495 e. The number of nitrogens with one attached hydrogen (secondary N) is 1. The zero-order chi connectivity index (χ0) is 14.5. The summed E-state index contributed by atoms with van der Waals surface area (Å²) in [5.74, 6) is 0.905. The zero-order valence-corrected chi connectivity index (χ0v) is 14.2. The van der Waals surface area contributed by atoms with E-state index in [0.717, 1.165) is 29.7 Å². The van der Waals surface area contributed by atoms with Gasteiger partial charge in [0.1, 0.15) is 5.75 Å². The molecule has 0 aromatic heterocycles. The molecule has 1 fully saturated rings. The van der Waals surface area contributed by atoms with Crippen LogP contribution in [-0.2, 0) is 0 Å². The van der Waals surface area contributed by atoms with E-state index < -0.39 is 0 Å². The third-order valence-electron chi connectivity index (χ3n) is 4.07. The van der Waals surface area contributed by atoms with Gasteiger partial charge in [-0.1, -0.05) is 20.3 Å². The number of piperazine rings is 1. The van der Waals surface area contributed by atoms with E-state index in [1.807, 2.05) is 0 Å². The fourth-order valence-corrected chi connectivity index (χ4v) is 3.32. The number of rotatable bonds is 5. The van der Waals surface area contributed by atoms with Crippen LogP contribution in [0.3, 0.4) is 0 Å². The normalized spacial score (nSPS) is 22.9. The Bertz CT molecular complexity index is 438. The Labute approximate surface area is 130 Å². The van der Waals surface area contributed by atoms with Crippen LogP contribution in [0.1, 0.15) is 33.1 Å². The lowest BCUT2D eigenvalue weighted by Crippen LogP contribution is -2.56. The van der Waals surface area contributed by atoms with Crippen LogP contribution in [0.2, 0.25) is 0 Å². The summed E-state index contributed by atoms with van der Waals surface area (Å²) >= 11 is 3.53. The summed E-state index contributed by atoms with van der Waals surface area (Å²) < 4.78 is 6.44. The number of methoxy groups -OCH3 is 1. The topological polar surface area (TPSA) is 24.5 Å². The second-order valence-corrected chi connectivity index (χ2v) is 6.28. The lowest BCUT2D eigenvalue weighted by molar-refractivity contribution is 0.368. The summed E-state index contributed by atoms with van der Waals surface area (Å²) in [5, 5.41) is 3.68. The predicted molar refractivity (Wildman–Crippen MR) is 88.8 cm³/mol. The molecule has 0 spiro atoms. The van der Waals surface area contributed by atoms with E-state index in [4.69, 9.17) is 4.74 Å². The Balaban J connectivity index is 2.21. The van der Waals surface area contributed by atoms with Gasteiger partial charge in [-0.25, -0.2) is 0 Å². The lowest BCUT2D eigenvalue weighted by Gasteiger charge is -2.42. The van der Waals surface area contributed by atoms with Crippen molar-refractivity contribution in [2.75, 3.05) is 25.1 Å². The number of halogens is 1. The fraction of sp³-hybridized carbons (Fsp3) is 0.625. The molecule has 1 N–H and O–H groups in total. The monoisotopic (exact) mass is 340 g/mol. The molecule has 0 bridgehead atoms. The van der Waals surface area contributed by atoms with Gasteiger partial charge in [-0.15, -0.1) is 0 Å². The van der Waals surface area contributed by atoms with Gasteiger partial charge in [-0.05, 0) is 40.9 Å². The zero-order valence-electron chi connectivity index (χ0n) is 12.7. The third-order valence-corrected chi connectivity index (χ3v) is 4.73. The van der Waals surface area contributed by atoms with Gasteiger partial charge < -0.3 is 15.0 Å². The molecular weight excluding hydrogens is 316 g/mol.